The molecule has 0 saturated heterocycles. The molecule has 1 N–H and O–H groups in total. The summed E-state index contributed by atoms with van der Waals surface area (Å²) in [6.45, 7) is 7.70. The van der Waals surface area contributed by atoms with Crippen molar-refractivity contribution in [2.24, 2.45) is 0 Å². The average molecular weight is 217 g/mol. The van der Waals surface area contributed by atoms with E-state index in [1.165, 1.54) is 25.7 Å². The highest BCUT2D eigenvalue weighted by Crippen LogP contribution is 2.01. The van der Waals surface area contributed by atoms with Crippen LogP contribution in [0.15, 0.2) is 0 Å². The maximum absolute atomic E-state index is 5.54. The van der Waals surface area contributed by atoms with E-state index in [-0.39, 0.29) is 0 Å². The predicted molar refractivity (Wildman–Crippen MR) is 64.3 cm³/mol. The molecule has 0 fully saturated rings. The normalized spacial score (nSPS) is 13.0. The summed E-state index contributed by atoms with van der Waals surface area (Å²) in [5.74, 6) is 0. The Labute approximate surface area is 94.5 Å². The number of hydrogen-bond donors (Lipinski definition) is 1. The number of nitrogens with one attached hydrogen (secondary N) is 1. The van der Waals surface area contributed by atoms with Crippen molar-refractivity contribution < 1.29 is 9.47 Å². The van der Waals surface area contributed by atoms with Gasteiger partial charge in [0.1, 0.15) is 0 Å². The van der Waals surface area contributed by atoms with Gasteiger partial charge in [-0.25, -0.2) is 0 Å². The lowest BCUT2D eigenvalue weighted by molar-refractivity contribution is 0.0572. The van der Waals surface area contributed by atoms with E-state index in [1.807, 2.05) is 0 Å². The first-order chi connectivity index (χ1) is 7.35. The third-order valence-electron chi connectivity index (χ3n) is 2.34. The zero-order chi connectivity index (χ0) is 11.4. The first-order valence-corrected chi connectivity index (χ1v) is 6.15. The molecular weight excluding hydrogens is 190 g/mol. The van der Waals surface area contributed by atoms with Gasteiger partial charge < -0.3 is 14.8 Å². The van der Waals surface area contributed by atoms with Crippen molar-refractivity contribution in [3.05, 3.63) is 0 Å². The Kier molecular flexibility index (Phi) is 11.9. The zero-order valence-corrected chi connectivity index (χ0v) is 10.6. The van der Waals surface area contributed by atoms with Gasteiger partial charge in [0.2, 0.25) is 0 Å². The summed E-state index contributed by atoms with van der Waals surface area (Å²) < 4.78 is 10.5. The largest absolute Gasteiger partial charge is 0.382 e. The van der Waals surface area contributed by atoms with Crippen molar-refractivity contribution in [2.45, 2.75) is 45.6 Å². The van der Waals surface area contributed by atoms with E-state index in [0.717, 1.165) is 13.2 Å². The molecule has 0 amide bonds. The van der Waals surface area contributed by atoms with E-state index in [0.29, 0.717) is 19.3 Å². The molecule has 92 valence electrons. The fourth-order valence-electron chi connectivity index (χ4n) is 1.41. The fourth-order valence-corrected chi connectivity index (χ4v) is 1.41. The van der Waals surface area contributed by atoms with Gasteiger partial charge in [-0.15, -0.1) is 0 Å². The molecule has 3 nitrogen and oxygen atoms in total. The SMILES string of the molecule is CCCCC(COCCOC)NCCC. The molecule has 0 radical (unpaired) electrons. The van der Waals surface area contributed by atoms with Crippen LogP contribution in [0.5, 0.6) is 0 Å². The highest BCUT2D eigenvalue weighted by atomic mass is 16.5. The van der Waals surface area contributed by atoms with Crippen LogP contribution in [0.4, 0.5) is 0 Å². The Balaban J connectivity index is 3.49. The maximum atomic E-state index is 5.54. The number of methoxy groups -OCH3 is 1. The lowest BCUT2D eigenvalue weighted by atomic mass is 10.1. The van der Waals surface area contributed by atoms with Gasteiger partial charge in [0.15, 0.2) is 0 Å². The molecule has 0 rings (SSSR count). The Morgan fingerprint density at radius 1 is 1.13 bits per heavy atom. The number of hydrogen-bond acceptors (Lipinski definition) is 3. The molecule has 0 spiro atoms. The molecule has 0 aromatic heterocycles. The van der Waals surface area contributed by atoms with Crippen LogP contribution in [0.25, 0.3) is 0 Å². The summed E-state index contributed by atoms with van der Waals surface area (Å²) in [5, 5.41) is 3.52. The van der Waals surface area contributed by atoms with Crippen LogP contribution in [0.3, 0.4) is 0 Å². The van der Waals surface area contributed by atoms with Gasteiger partial charge in [-0.3, -0.25) is 0 Å². The summed E-state index contributed by atoms with van der Waals surface area (Å²) in [4.78, 5) is 0. The number of ether oxygens (including phenoxy) is 2. The molecule has 0 aliphatic carbocycles. The monoisotopic (exact) mass is 217 g/mol. The molecule has 0 aliphatic heterocycles. The Hall–Kier alpha value is -0.120. The highest BCUT2D eigenvalue weighted by Gasteiger charge is 2.06. The number of unbranched alkanes of at least 4 members (excludes halogenated alkanes) is 1. The van der Waals surface area contributed by atoms with E-state index in [1.54, 1.807) is 7.11 Å². The van der Waals surface area contributed by atoms with Crippen molar-refractivity contribution in [2.75, 3.05) is 33.5 Å². The molecule has 3 heteroatoms. The third kappa shape index (κ3) is 10.2. The molecule has 0 aromatic rings. The summed E-state index contributed by atoms with van der Waals surface area (Å²) in [5.41, 5.74) is 0. The van der Waals surface area contributed by atoms with E-state index >= 15 is 0 Å². The van der Waals surface area contributed by atoms with Crippen LogP contribution < -0.4 is 5.32 Å². The van der Waals surface area contributed by atoms with Crippen LogP contribution in [0.2, 0.25) is 0 Å². The number of rotatable bonds is 11. The Morgan fingerprint density at radius 2 is 1.93 bits per heavy atom. The van der Waals surface area contributed by atoms with Gasteiger partial charge in [-0.05, 0) is 19.4 Å². The molecule has 1 atom stereocenters. The molecular formula is C12H27NO2. The molecule has 0 bridgehead atoms. The Bertz CT molecular complexity index is 112. The van der Waals surface area contributed by atoms with Gasteiger partial charge in [0.25, 0.3) is 0 Å². The average Bonchev–Trinajstić information content (AvgIpc) is 2.27. The van der Waals surface area contributed by atoms with Crippen LogP contribution in [0.1, 0.15) is 39.5 Å². The summed E-state index contributed by atoms with van der Waals surface area (Å²) >= 11 is 0. The Morgan fingerprint density at radius 3 is 2.53 bits per heavy atom. The molecule has 0 aromatic carbocycles. The molecule has 0 aliphatic rings. The quantitative estimate of drug-likeness (QED) is 0.538. The standard InChI is InChI=1S/C12H27NO2/c1-4-6-7-12(13-8-5-2)11-15-10-9-14-3/h12-13H,4-11H2,1-3H3. The van der Waals surface area contributed by atoms with E-state index < -0.39 is 0 Å². The van der Waals surface area contributed by atoms with Gasteiger partial charge >= 0.3 is 0 Å². The van der Waals surface area contributed by atoms with E-state index in [9.17, 15) is 0 Å². The van der Waals surface area contributed by atoms with Crippen molar-refractivity contribution in [1.29, 1.82) is 0 Å². The predicted octanol–water partition coefficient (Wildman–Crippen LogP) is 2.21. The lowest BCUT2D eigenvalue weighted by Crippen LogP contribution is -2.34. The summed E-state index contributed by atoms with van der Waals surface area (Å²) in [6, 6.07) is 0.516. The molecule has 0 heterocycles. The second-order valence-electron chi connectivity index (χ2n) is 3.86. The zero-order valence-electron chi connectivity index (χ0n) is 10.6. The van der Waals surface area contributed by atoms with Gasteiger partial charge in [0.05, 0.1) is 19.8 Å². The summed E-state index contributed by atoms with van der Waals surface area (Å²) in [6.07, 6.45) is 4.92. The van der Waals surface area contributed by atoms with Crippen LogP contribution in [0, 0.1) is 0 Å². The fraction of sp³-hybridized carbons (Fsp3) is 1.00. The van der Waals surface area contributed by atoms with Gasteiger partial charge in [0, 0.05) is 13.2 Å². The van der Waals surface area contributed by atoms with Gasteiger partial charge in [-0.2, -0.15) is 0 Å². The van der Waals surface area contributed by atoms with Gasteiger partial charge in [-0.1, -0.05) is 26.7 Å². The van der Waals surface area contributed by atoms with Crippen molar-refractivity contribution in [3.63, 3.8) is 0 Å². The van der Waals surface area contributed by atoms with Crippen LogP contribution in [-0.4, -0.2) is 39.5 Å². The minimum Gasteiger partial charge on any atom is -0.382 e. The van der Waals surface area contributed by atoms with Crippen molar-refractivity contribution in [1.82, 2.24) is 5.32 Å². The van der Waals surface area contributed by atoms with E-state index in [2.05, 4.69) is 19.2 Å². The van der Waals surface area contributed by atoms with Crippen molar-refractivity contribution in [3.8, 4) is 0 Å². The third-order valence-corrected chi connectivity index (χ3v) is 2.34. The lowest BCUT2D eigenvalue weighted by Gasteiger charge is -2.18. The maximum Gasteiger partial charge on any atom is 0.0701 e. The first-order valence-electron chi connectivity index (χ1n) is 6.15. The molecule has 15 heavy (non-hydrogen) atoms. The second kappa shape index (κ2) is 12.0. The smallest absolute Gasteiger partial charge is 0.0701 e. The van der Waals surface area contributed by atoms with Crippen LogP contribution in [-0.2, 0) is 9.47 Å². The minimum absolute atomic E-state index is 0.516. The molecule has 1 unspecified atom stereocenters. The summed E-state index contributed by atoms with van der Waals surface area (Å²) in [7, 11) is 1.70. The minimum atomic E-state index is 0.516. The molecule has 0 saturated carbocycles. The van der Waals surface area contributed by atoms with Crippen molar-refractivity contribution >= 4 is 0 Å². The van der Waals surface area contributed by atoms with Crippen LogP contribution >= 0.6 is 0 Å². The second-order valence-corrected chi connectivity index (χ2v) is 3.86. The topological polar surface area (TPSA) is 30.5 Å². The van der Waals surface area contributed by atoms with E-state index in [4.69, 9.17) is 9.47 Å². The highest BCUT2D eigenvalue weighted by molar-refractivity contribution is 4.65. The first kappa shape index (κ1) is 14.9.